The van der Waals surface area contributed by atoms with Crippen LogP contribution in [0.4, 0.5) is 0 Å². The van der Waals surface area contributed by atoms with Crippen LogP contribution in [0.15, 0.2) is 109 Å². The Bertz CT molecular complexity index is 1710. The number of benzene rings is 3. The average molecular weight is 493 g/mol. The van der Waals surface area contributed by atoms with Gasteiger partial charge in [-0.05, 0) is 53.9 Å². The molecule has 3 aromatic heterocycles. The van der Waals surface area contributed by atoms with Crippen LogP contribution in [0.2, 0.25) is 0 Å². The van der Waals surface area contributed by atoms with Crippen LogP contribution in [-0.4, -0.2) is 32.7 Å². The maximum absolute atomic E-state index is 5.06. The van der Waals surface area contributed by atoms with Gasteiger partial charge in [-0.3, -0.25) is 9.97 Å². The molecule has 0 amide bonds. The molecule has 0 aliphatic carbocycles. The number of aryl methyl sites for hydroxylation is 1. The van der Waals surface area contributed by atoms with E-state index in [2.05, 4.69) is 102 Å². The van der Waals surface area contributed by atoms with E-state index >= 15 is 0 Å². The first-order valence-corrected chi connectivity index (χ1v) is 12.8. The standard InChI is InChI=1S/C32H28BN5/c1-22-9-7-15-29(35-22)32-31(25-16-17-28-24(19-25)13-8-18-34-28)36-30(37-32)21-38(33)20-26-12-5-6-14-27(26)23-10-3-2-4-11-23/h2-19H,20-21,33H2,1H3,(H,36,37). The summed E-state index contributed by atoms with van der Waals surface area (Å²) in [6.45, 7) is 3.49. The number of fused-ring (bicyclic) bond motifs is 1. The summed E-state index contributed by atoms with van der Waals surface area (Å²) in [7, 11) is 2.14. The molecule has 6 aromatic rings. The maximum atomic E-state index is 5.06. The molecule has 184 valence electrons. The monoisotopic (exact) mass is 493 g/mol. The average Bonchev–Trinajstić information content (AvgIpc) is 3.37. The smallest absolute Gasteiger partial charge is 0.186 e. The summed E-state index contributed by atoms with van der Waals surface area (Å²) in [6.07, 6.45) is 1.82. The van der Waals surface area contributed by atoms with Crippen LogP contribution in [0.3, 0.4) is 0 Å². The van der Waals surface area contributed by atoms with Crippen molar-refractivity contribution in [2.45, 2.75) is 20.0 Å². The highest BCUT2D eigenvalue weighted by atomic mass is 15.1. The van der Waals surface area contributed by atoms with Crippen molar-refractivity contribution in [1.29, 1.82) is 0 Å². The molecular formula is C32H28BN5. The van der Waals surface area contributed by atoms with Crippen LogP contribution < -0.4 is 0 Å². The third kappa shape index (κ3) is 4.99. The molecule has 3 heterocycles. The predicted octanol–water partition coefficient (Wildman–Crippen LogP) is 6.21. The predicted molar refractivity (Wildman–Crippen MR) is 157 cm³/mol. The van der Waals surface area contributed by atoms with Crippen LogP contribution in [0.25, 0.3) is 44.7 Å². The van der Waals surface area contributed by atoms with Crippen LogP contribution in [0.1, 0.15) is 17.1 Å². The summed E-state index contributed by atoms with van der Waals surface area (Å²) >= 11 is 0. The molecule has 0 atom stereocenters. The minimum absolute atomic E-state index is 0.678. The molecule has 0 aliphatic rings. The van der Waals surface area contributed by atoms with Crippen LogP contribution >= 0.6 is 0 Å². The summed E-state index contributed by atoms with van der Waals surface area (Å²) in [6, 6.07) is 35.6. The molecule has 6 heteroatoms. The van der Waals surface area contributed by atoms with E-state index in [1.54, 1.807) is 0 Å². The van der Waals surface area contributed by atoms with Gasteiger partial charge in [0.15, 0.2) is 7.98 Å². The lowest BCUT2D eigenvalue weighted by Gasteiger charge is -2.18. The second-order valence-electron chi connectivity index (χ2n) is 9.68. The highest BCUT2D eigenvalue weighted by molar-refractivity contribution is 6.04. The molecule has 0 unspecified atom stereocenters. The number of imidazole rings is 1. The van der Waals surface area contributed by atoms with Crippen LogP contribution in [0, 0.1) is 6.92 Å². The van der Waals surface area contributed by atoms with E-state index < -0.39 is 0 Å². The third-order valence-electron chi connectivity index (χ3n) is 6.74. The van der Waals surface area contributed by atoms with Gasteiger partial charge < -0.3 is 9.79 Å². The fraction of sp³-hybridized carbons (Fsp3) is 0.0938. The molecule has 0 aliphatic heterocycles. The van der Waals surface area contributed by atoms with Crippen molar-refractivity contribution in [3.63, 3.8) is 0 Å². The van der Waals surface area contributed by atoms with Gasteiger partial charge in [0, 0.05) is 35.9 Å². The largest absolute Gasteiger partial charge is 0.340 e. The van der Waals surface area contributed by atoms with Gasteiger partial charge in [-0.25, -0.2) is 4.98 Å². The molecule has 0 bridgehead atoms. The minimum Gasteiger partial charge on any atom is -0.340 e. The first kappa shape index (κ1) is 23.8. The van der Waals surface area contributed by atoms with Crippen molar-refractivity contribution in [3.8, 4) is 33.8 Å². The number of aromatic nitrogens is 4. The van der Waals surface area contributed by atoms with E-state index in [4.69, 9.17) is 9.97 Å². The second kappa shape index (κ2) is 10.4. The maximum Gasteiger partial charge on any atom is 0.186 e. The number of hydrogen-bond acceptors (Lipinski definition) is 4. The molecule has 6 rings (SSSR count). The van der Waals surface area contributed by atoms with Gasteiger partial charge in [-0.1, -0.05) is 72.8 Å². The summed E-state index contributed by atoms with van der Waals surface area (Å²) in [5, 5.41) is 1.10. The molecule has 0 spiro atoms. The fourth-order valence-corrected chi connectivity index (χ4v) is 4.96. The number of aromatic amines is 1. The van der Waals surface area contributed by atoms with Crippen molar-refractivity contribution in [2.75, 3.05) is 0 Å². The molecule has 0 saturated heterocycles. The number of hydrogen-bond donors (Lipinski definition) is 1. The number of nitrogens with one attached hydrogen (secondary N) is 1. The SMILES string of the molecule is BN(Cc1nc(-c2cccc(C)n2)c(-c2ccc3ncccc3c2)[nH]1)Cc1ccccc1-c1ccccc1. The van der Waals surface area contributed by atoms with Gasteiger partial charge in [0.25, 0.3) is 0 Å². The molecule has 38 heavy (non-hydrogen) atoms. The molecular weight excluding hydrogens is 465 g/mol. The lowest BCUT2D eigenvalue weighted by molar-refractivity contribution is 0.433. The van der Waals surface area contributed by atoms with Gasteiger partial charge in [0.1, 0.15) is 11.5 Å². The third-order valence-corrected chi connectivity index (χ3v) is 6.74. The van der Waals surface area contributed by atoms with Crippen LogP contribution in [-0.2, 0) is 13.1 Å². The Labute approximate surface area is 223 Å². The first-order valence-electron chi connectivity index (χ1n) is 12.8. The van der Waals surface area contributed by atoms with Crippen molar-refractivity contribution in [1.82, 2.24) is 24.7 Å². The van der Waals surface area contributed by atoms with Crippen LogP contribution in [0.5, 0.6) is 0 Å². The number of H-pyrrole nitrogens is 1. The zero-order valence-corrected chi connectivity index (χ0v) is 21.6. The summed E-state index contributed by atoms with van der Waals surface area (Å²) < 4.78 is 0. The van der Waals surface area contributed by atoms with Gasteiger partial charge in [0.2, 0.25) is 0 Å². The highest BCUT2D eigenvalue weighted by Crippen LogP contribution is 2.32. The Morgan fingerprint density at radius 1 is 0.763 bits per heavy atom. The lowest BCUT2D eigenvalue weighted by atomic mass is 9.99. The Morgan fingerprint density at radius 2 is 1.61 bits per heavy atom. The molecule has 3 aromatic carbocycles. The van der Waals surface area contributed by atoms with Gasteiger partial charge >= 0.3 is 0 Å². The van der Waals surface area contributed by atoms with Crippen molar-refractivity contribution < 1.29 is 0 Å². The fourth-order valence-electron chi connectivity index (χ4n) is 4.96. The lowest BCUT2D eigenvalue weighted by Crippen LogP contribution is -2.20. The Kier molecular flexibility index (Phi) is 6.55. The van der Waals surface area contributed by atoms with Gasteiger partial charge in [-0.2, -0.15) is 0 Å². The minimum atomic E-state index is 0.678. The Balaban J connectivity index is 1.33. The summed E-state index contributed by atoms with van der Waals surface area (Å²) in [5.41, 5.74) is 9.50. The zero-order valence-electron chi connectivity index (χ0n) is 21.6. The van der Waals surface area contributed by atoms with E-state index in [0.29, 0.717) is 6.54 Å². The molecule has 5 nitrogen and oxygen atoms in total. The van der Waals surface area contributed by atoms with E-state index in [1.807, 2.05) is 37.4 Å². The topological polar surface area (TPSA) is 57.7 Å². The van der Waals surface area contributed by atoms with Crippen molar-refractivity contribution >= 4 is 18.9 Å². The molecule has 0 radical (unpaired) electrons. The second-order valence-corrected chi connectivity index (χ2v) is 9.68. The number of nitrogens with zero attached hydrogens (tertiary/aromatic N) is 4. The molecule has 1 N–H and O–H groups in total. The number of pyridine rings is 2. The highest BCUT2D eigenvalue weighted by Gasteiger charge is 2.17. The van der Waals surface area contributed by atoms with E-state index in [-0.39, 0.29) is 0 Å². The first-order chi connectivity index (χ1) is 18.6. The van der Waals surface area contributed by atoms with Crippen molar-refractivity contribution in [2.24, 2.45) is 0 Å². The number of rotatable bonds is 7. The van der Waals surface area contributed by atoms with E-state index in [9.17, 15) is 0 Å². The summed E-state index contributed by atoms with van der Waals surface area (Å²) in [5.74, 6) is 0.907. The van der Waals surface area contributed by atoms with Gasteiger partial charge in [0.05, 0.1) is 16.9 Å². The normalized spacial score (nSPS) is 11.3. The zero-order chi connectivity index (χ0) is 25.9. The quantitative estimate of drug-likeness (QED) is 0.269. The molecule has 0 fully saturated rings. The summed E-state index contributed by atoms with van der Waals surface area (Å²) in [4.78, 5) is 20.3. The Morgan fingerprint density at radius 3 is 2.47 bits per heavy atom. The van der Waals surface area contributed by atoms with E-state index in [1.165, 1.54) is 16.7 Å². The van der Waals surface area contributed by atoms with Crippen molar-refractivity contribution in [3.05, 3.63) is 126 Å². The van der Waals surface area contributed by atoms with Gasteiger partial charge in [-0.15, -0.1) is 0 Å². The van der Waals surface area contributed by atoms with E-state index in [0.717, 1.165) is 51.6 Å². The Hall–Kier alpha value is -4.55. The molecule has 0 saturated carbocycles.